The highest BCUT2D eigenvalue weighted by molar-refractivity contribution is 6.05. The molecular formula is C18H20O. The molecule has 1 aromatic heterocycles. The summed E-state index contributed by atoms with van der Waals surface area (Å²) < 4.78 is 6.01. The van der Waals surface area contributed by atoms with Gasteiger partial charge in [-0.25, -0.2) is 0 Å². The lowest BCUT2D eigenvalue weighted by Gasteiger charge is -2.22. The highest BCUT2D eigenvalue weighted by Gasteiger charge is 2.19. The van der Waals surface area contributed by atoms with Gasteiger partial charge in [-0.3, -0.25) is 0 Å². The van der Waals surface area contributed by atoms with E-state index in [2.05, 4.69) is 64.1 Å². The summed E-state index contributed by atoms with van der Waals surface area (Å²) in [6, 6.07) is 13.0. The van der Waals surface area contributed by atoms with Crippen LogP contribution in [0, 0.1) is 6.92 Å². The minimum absolute atomic E-state index is 0.198. The van der Waals surface area contributed by atoms with Gasteiger partial charge in [-0.15, -0.1) is 0 Å². The summed E-state index contributed by atoms with van der Waals surface area (Å²) >= 11 is 0. The standard InChI is InChI=1S/C18H20O/c1-5-18(3,4)13-7-9-15-14-8-6-12(2)10-16(14)19-17(15)11-13/h6-11H,5H2,1-4H3. The highest BCUT2D eigenvalue weighted by atomic mass is 16.3. The molecule has 3 rings (SSSR count). The van der Waals surface area contributed by atoms with Gasteiger partial charge in [0.2, 0.25) is 0 Å². The molecule has 0 spiro atoms. The summed E-state index contributed by atoms with van der Waals surface area (Å²) in [6.07, 6.45) is 1.12. The molecule has 0 aliphatic heterocycles. The van der Waals surface area contributed by atoms with E-state index in [1.165, 1.54) is 21.9 Å². The molecule has 0 aliphatic carbocycles. The molecule has 0 aliphatic rings. The van der Waals surface area contributed by atoms with Crippen LogP contribution in [-0.4, -0.2) is 0 Å². The van der Waals surface area contributed by atoms with Gasteiger partial charge in [0.15, 0.2) is 0 Å². The van der Waals surface area contributed by atoms with Crippen molar-refractivity contribution in [2.75, 3.05) is 0 Å². The molecule has 0 saturated carbocycles. The van der Waals surface area contributed by atoms with Crippen molar-refractivity contribution >= 4 is 21.9 Å². The maximum atomic E-state index is 6.01. The smallest absolute Gasteiger partial charge is 0.135 e. The van der Waals surface area contributed by atoms with Crippen molar-refractivity contribution in [3.8, 4) is 0 Å². The van der Waals surface area contributed by atoms with Gasteiger partial charge < -0.3 is 4.42 Å². The number of fused-ring (bicyclic) bond motifs is 3. The fourth-order valence-electron chi connectivity index (χ4n) is 2.51. The molecule has 98 valence electrons. The van der Waals surface area contributed by atoms with Gasteiger partial charge in [0.05, 0.1) is 0 Å². The first kappa shape index (κ1) is 12.3. The third-order valence-corrected chi connectivity index (χ3v) is 4.29. The molecule has 1 nitrogen and oxygen atoms in total. The first-order valence-corrected chi connectivity index (χ1v) is 6.94. The van der Waals surface area contributed by atoms with Crippen LogP contribution in [0.4, 0.5) is 0 Å². The van der Waals surface area contributed by atoms with Crippen molar-refractivity contribution in [2.45, 2.75) is 39.5 Å². The number of hydrogen-bond acceptors (Lipinski definition) is 1. The molecule has 1 heteroatoms. The van der Waals surface area contributed by atoms with Crippen molar-refractivity contribution in [3.63, 3.8) is 0 Å². The zero-order chi connectivity index (χ0) is 13.6. The summed E-state index contributed by atoms with van der Waals surface area (Å²) in [5, 5.41) is 2.42. The minimum Gasteiger partial charge on any atom is -0.456 e. The Morgan fingerprint density at radius 2 is 1.58 bits per heavy atom. The first-order chi connectivity index (χ1) is 9.01. The molecule has 3 aromatic rings. The van der Waals surface area contributed by atoms with Crippen molar-refractivity contribution in [3.05, 3.63) is 47.5 Å². The van der Waals surface area contributed by atoms with E-state index in [-0.39, 0.29) is 5.41 Å². The number of benzene rings is 2. The van der Waals surface area contributed by atoms with Gasteiger partial charge in [-0.1, -0.05) is 45.0 Å². The minimum atomic E-state index is 0.198. The van der Waals surface area contributed by atoms with Crippen LogP contribution < -0.4 is 0 Å². The van der Waals surface area contributed by atoms with E-state index < -0.39 is 0 Å². The molecule has 0 N–H and O–H groups in total. The predicted molar refractivity (Wildman–Crippen MR) is 81.8 cm³/mol. The quantitative estimate of drug-likeness (QED) is 0.580. The molecule has 0 bridgehead atoms. The zero-order valence-corrected chi connectivity index (χ0v) is 12.1. The maximum Gasteiger partial charge on any atom is 0.135 e. The lowest BCUT2D eigenvalue weighted by molar-refractivity contribution is 0.505. The second-order valence-corrected chi connectivity index (χ2v) is 6.05. The largest absolute Gasteiger partial charge is 0.456 e. The first-order valence-electron chi connectivity index (χ1n) is 6.94. The molecule has 0 atom stereocenters. The second-order valence-electron chi connectivity index (χ2n) is 6.05. The van der Waals surface area contributed by atoms with Gasteiger partial charge in [-0.2, -0.15) is 0 Å². The molecule has 0 saturated heterocycles. The Labute approximate surface area is 114 Å². The van der Waals surface area contributed by atoms with Crippen LogP contribution in [0.5, 0.6) is 0 Å². The van der Waals surface area contributed by atoms with E-state index in [1.54, 1.807) is 0 Å². The van der Waals surface area contributed by atoms with Crippen molar-refractivity contribution < 1.29 is 4.42 Å². The lowest BCUT2D eigenvalue weighted by Crippen LogP contribution is -2.14. The average molecular weight is 252 g/mol. The predicted octanol–water partition coefficient (Wildman–Crippen LogP) is 5.58. The van der Waals surface area contributed by atoms with Crippen molar-refractivity contribution in [2.24, 2.45) is 0 Å². The van der Waals surface area contributed by atoms with E-state index in [0.717, 1.165) is 17.6 Å². The number of hydrogen-bond donors (Lipinski definition) is 0. The van der Waals surface area contributed by atoms with E-state index >= 15 is 0 Å². The SMILES string of the molecule is CCC(C)(C)c1ccc2c(c1)oc1cc(C)ccc12. The molecule has 0 amide bonds. The maximum absolute atomic E-state index is 6.01. The lowest BCUT2D eigenvalue weighted by atomic mass is 9.82. The Kier molecular flexibility index (Phi) is 2.67. The fourth-order valence-corrected chi connectivity index (χ4v) is 2.51. The van der Waals surface area contributed by atoms with E-state index in [1.807, 2.05) is 0 Å². The Balaban J connectivity index is 2.27. The third-order valence-electron chi connectivity index (χ3n) is 4.29. The average Bonchev–Trinajstić information content (AvgIpc) is 2.74. The van der Waals surface area contributed by atoms with Gasteiger partial charge in [0, 0.05) is 10.8 Å². The van der Waals surface area contributed by atoms with Crippen LogP contribution in [0.1, 0.15) is 38.3 Å². The summed E-state index contributed by atoms with van der Waals surface area (Å²) in [5.41, 5.74) is 4.77. The van der Waals surface area contributed by atoms with E-state index in [4.69, 9.17) is 4.42 Å². The molecule has 0 unspecified atom stereocenters. The van der Waals surface area contributed by atoms with Gasteiger partial charge in [0.1, 0.15) is 11.2 Å². The molecular weight excluding hydrogens is 232 g/mol. The normalized spacial score (nSPS) is 12.4. The molecule has 0 fully saturated rings. The monoisotopic (exact) mass is 252 g/mol. The Hall–Kier alpha value is -1.76. The molecule has 0 radical (unpaired) electrons. The summed E-state index contributed by atoms with van der Waals surface area (Å²) in [7, 11) is 0. The summed E-state index contributed by atoms with van der Waals surface area (Å²) in [6.45, 7) is 8.88. The van der Waals surface area contributed by atoms with Crippen LogP contribution in [0.3, 0.4) is 0 Å². The fraction of sp³-hybridized carbons (Fsp3) is 0.333. The van der Waals surface area contributed by atoms with Gasteiger partial charge >= 0.3 is 0 Å². The molecule has 1 heterocycles. The summed E-state index contributed by atoms with van der Waals surface area (Å²) in [5.74, 6) is 0. The highest BCUT2D eigenvalue weighted by Crippen LogP contribution is 2.34. The van der Waals surface area contributed by atoms with Crippen LogP contribution in [0.2, 0.25) is 0 Å². The number of aryl methyl sites for hydroxylation is 1. The Bertz CT molecular complexity index is 747. The third kappa shape index (κ3) is 1.94. The topological polar surface area (TPSA) is 13.1 Å². The molecule has 2 aromatic carbocycles. The zero-order valence-electron chi connectivity index (χ0n) is 12.1. The number of rotatable bonds is 2. The number of furan rings is 1. The van der Waals surface area contributed by atoms with Crippen molar-refractivity contribution in [1.82, 2.24) is 0 Å². The Morgan fingerprint density at radius 3 is 2.26 bits per heavy atom. The molecule has 19 heavy (non-hydrogen) atoms. The van der Waals surface area contributed by atoms with Gasteiger partial charge in [-0.05, 0) is 42.0 Å². The summed E-state index contributed by atoms with van der Waals surface area (Å²) in [4.78, 5) is 0. The van der Waals surface area contributed by atoms with Crippen LogP contribution in [0.15, 0.2) is 40.8 Å². The van der Waals surface area contributed by atoms with E-state index in [0.29, 0.717) is 0 Å². The van der Waals surface area contributed by atoms with Crippen molar-refractivity contribution in [1.29, 1.82) is 0 Å². The van der Waals surface area contributed by atoms with Gasteiger partial charge in [0.25, 0.3) is 0 Å². The van der Waals surface area contributed by atoms with Crippen LogP contribution >= 0.6 is 0 Å². The van der Waals surface area contributed by atoms with Crippen LogP contribution in [-0.2, 0) is 5.41 Å². The van der Waals surface area contributed by atoms with E-state index in [9.17, 15) is 0 Å². The second kappa shape index (κ2) is 4.12. The Morgan fingerprint density at radius 1 is 0.947 bits per heavy atom. The van der Waals surface area contributed by atoms with Crippen LogP contribution in [0.25, 0.3) is 21.9 Å².